The number of aliphatic carboxylic acids is 1. The maximum atomic E-state index is 13.4. The number of halogens is 3. The lowest BCUT2D eigenvalue weighted by Gasteiger charge is -2.13. The zero-order chi connectivity index (χ0) is 15.6. The van der Waals surface area contributed by atoms with Gasteiger partial charge in [0.15, 0.2) is 6.10 Å². The van der Waals surface area contributed by atoms with Crippen LogP contribution in [0.3, 0.4) is 0 Å². The average molecular weight is 303 g/mol. The van der Waals surface area contributed by atoms with E-state index in [9.17, 15) is 22.8 Å². The second-order valence-electron chi connectivity index (χ2n) is 4.62. The number of nitrogens with one attached hydrogen (secondary N) is 1. The highest BCUT2D eigenvalue weighted by Crippen LogP contribution is 2.20. The molecule has 114 valence electrons. The highest BCUT2D eigenvalue weighted by Gasteiger charge is 2.31. The summed E-state index contributed by atoms with van der Waals surface area (Å²) in [6.45, 7) is -0.0845. The molecule has 1 aliphatic heterocycles. The topological polar surface area (TPSA) is 75.6 Å². The first-order valence-electron chi connectivity index (χ1n) is 6.19. The van der Waals surface area contributed by atoms with Crippen molar-refractivity contribution in [2.45, 2.75) is 25.0 Å². The van der Waals surface area contributed by atoms with Crippen molar-refractivity contribution in [3.63, 3.8) is 0 Å². The van der Waals surface area contributed by atoms with Gasteiger partial charge in [-0.15, -0.1) is 0 Å². The van der Waals surface area contributed by atoms with E-state index in [0.29, 0.717) is 25.0 Å². The minimum absolute atomic E-state index is 0.0845. The van der Waals surface area contributed by atoms with E-state index in [1.54, 1.807) is 0 Å². The summed E-state index contributed by atoms with van der Waals surface area (Å²) in [5, 5.41) is 11.0. The zero-order valence-electron chi connectivity index (χ0n) is 10.7. The first kappa shape index (κ1) is 15.3. The van der Waals surface area contributed by atoms with Crippen molar-refractivity contribution in [2.24, 2.45) is 0 Å². The summed E-state index contributed by atoms with van der Waals surface area (Å²) in [6.07, 6.45) is -0.770. The molecule has 1 saturated heterocycles. The van der Waals surface area contributed by atoms with Gasteiger partial charge in [-0.05, 0) is 12.8 Å². The van der Waals surface area contributed by atoms with Gasteiger partial charge in [0.25, 0.3) is 5.91 Å². The van der Waals surface area contributed by atoms with Crippen molar-refractivity contribution in [3.05, 3.63) is 35.1 Å². The molecule has 1 fully saturated rings. The molecule has 0 radical (unpaired) electrons. The number of benzene rings is 1. The van der Waals surface area contributed by atoms with Crippen molar-refractivity contribution in [1.82, 2.24) is 5.32 Å². The Balaban J connectivity index is 1.96. The Labute approximate surface area is 117 Å². The Kier molecular flexibility index (Phi) is 4.46. The second kappa shape index (κ2) is 6.13. The highest BCUT2D eigenvalue weighted by atomic mass is 19.1. The third-order valence-electron chi connectivity index (χ3n) is 3.11. The van der Waals surface area contributed by atoms with Gasteiger partial charge in [0.2, 0.25) is 0 Å². The number of ether oxygens (including phenoxy) is 1. The standard InChI is InChI=1S/C13H12F3NO4/c14-6-3-8(15)11(9(16)4-6)12(18)17-5-7-1-2-10(21-7)13(19)20/h3-4,7,10H,1-2,5H2,(H,17,18)(H,19,20). The van der Waals surface area contributed by atoms with Crippen LogP contribution >= 0.6 is 0 Å². The Hall–Kier alpha value is -2.09. The molecular formula is C13H12F3NO4. The first-order chi connectivity index (χ1) is 9.88. The van der Waals surface area contributed by atoms with Crippen LogP contribution in [0.25, 0.3) is 0 Å². The summed E-state index contributed by atoms with van der Waals surface area (Å²) in [7, 11) is 0. The molecule has 5 nitrogen and oxygen atoms in total. The van der Waals surface area contributed by atoms with Gasteiger partial charge in [0.1, 0.15) is 23.0 Å². The van der Waals surface area contributed by atoms with Gasteiger partial charge in [-0.25, -0.2) is 18.0 Å². The van der Waals surface area contributed by atoms with Crippen molar-refractivity contribution in [1.29, 1.82) is 0 Å². The van der Waals surface area contributed by atoms with Gasteiger partial charge >= 0.3 is 5.97 Å². The van der Waals surface area contributed by atoms with Crippen LogP contribution in [-0.2, 0) is 9.53 Å². The molecule has 2 rings (SSSR count). The van der Waals surface area contributed by atoms with Gasteiger partial charge in [-0.3, -0.25) is 4.79 Å². The number of carbonyl (C=O) groups is 2. The van der Waals surface area contributed by atoms with E-state index >= 15 is 0 Å². The third kappa shape index (κ3) is 3.52. The summed E-state index contributed by atoms with van der Waals surface area (Å²) in [6, 6.07) is 0.815. The molecule has 1 heterocycles. The number of hydrogen-bond donors (Lipinski definition) is 2. The molecule has 0 aliphatic carbocycles. The summed E-state index contributed by atoms with van der Waals surface area (Å²) in [4.78, 5) is 22.4. The summed E-state index contributed by atoms with van der Waals surface area (Å²) in [5.41, 5.74) is -0.885. The third-order valence-corrected chi connectivity index (χ3v) is 3.11. The molecule has 1 aliphatic rings. The van der Waals surface area contributed by atoms with Crippen molar-refractivity contribution in [3.8, 4) is 0 Å². The van der Waals surface area contributed by atoms with Crippen LogP contribution in [0.15, 0.2) is 12.1 Å². The van der Waals surface area contributed by atoms with Gasteiger partial charge in [0, 0.05) is 18.7 Å². The monoisotopic (exact) mass is 303 g/mol. The van der Waals surface area contributed by atoms with E-state index in [1.165, 1.54) is 0 Å². The molecule has 8 heteroatoms. The number of carbonyl (C=O) groups excluding carboxylic acids is 1. The molecule has 1 amide bonds. The summed E-state index contributed by atoms with van der Waals surface area (Å²) >= 11 is 0. The normalized spacial score (nSPS) is 21.3. The van der Waals surface area contributed by atoms with Crippen molar-refractivity contribution >= 4 is 11.9 Å². The molecule has 0 aromatic heterocycles. The molecule has 1 aromatic rings. The predicted molar refractivity (Wildman–Crippen MR) is 64.2 cm³/mol. The molecule has 1 aromatic carbocycles. The number of carboxylic acids is 1. The molecule has 2 atom stereocenters. The van der Waals surface area contributed by atoms with Crippen LogP contribution in [0.4, 0.5) is 13.2 Å². The zero-order valence-corrected chi connectivity index (χ0v) is 10.7. The lowest BCUT2D eigenvalue weighted by molar-refractivity contribution is -0.149. The number of carboxylic acid groups (broad SMARTS) is 1. The Bertz CT molecular complexity index is 556. The molecular weight excluding hydrogens is 291 g/mol. The predicted octanol–water partition coefficient (Wildman–Crippen LogP) is 1.47. The fraction of sp³-hybridized carbons (Fsp3) is 0.385. The number of rotatable bonds is 4. The van der Waals surface area contributed by atoms with Gasteiger partial charge in [-0.1, -0.05) is 0 Å². The smallest absolute Gasteiger partial charge is 0.332 e. The van der Waals surface area contributed by atoms with E-state index in [1.807, 2.05) is 0 Å². The maximum absolute atomic E-state index is 13.4. The van der Waals surface area contributed by atoms with Gasteiger partial charge in [0.05, 0.1) is 6.10 Å². The average Bonchev–Trinajstić information content (AvgIpc) is 2.84. The largest absolute Gasteiger partial charge is 0.479 e. The quantitative estimate of drug-likeness (QED) is 0.883. The highest BCUT2D eigenvalue weighted by molar-refractivity contribution is 5.94. The fourth-order valence-corrected chi connectivity index (χ4v) is 2.09. The van der Waals surface area contributed by atoms with Crippen LogP contribution in [-0.4, -0.2) is 35.7 Å². The number of hydrogen-bond acceptors (Lipinski definition) is 3. The van der Waals surface area contributed by atoms with E-state index in [0.717, 1.165) is 0 Å². The molecule has 21 heavy (non-hydrogen) atoms. The van der Waals surface area contributed by atoms with E-state index in [-0.39, 0.29) is 6.54 Å². The maximum Gasteiger partial charge on any atom is 0.332 e. The van der Waals surface area contributed by atoms with Crippen molar-refractivity contribution < 1.29 is 32.6 Å². The SMILES string of the molecule is O=C(NCC1CCC(C(=O)O)O1)c1c(F)cc(F)cc1F. The molecule has 2 N–H and O–H groups in total. The van der Waals surface area contributed by atoms with Crippen LogP contribution in [0.2, 0.25) is 0 Å². The molecule has 0 saturated carbocycles. The van der Waals surface area contributed by atoms with Crippen LogP contribution in [0.1, 0.15) is 23.2 Å². The Morgan fingerprint density at radius 3 is 2.38 bits per heavy atom. The number of amides is 1. The van der Waals surface area contributed by atoms with Crippen LogP contribution in [0.5, 0.6) is 0 Å². The molecule has 0 bridgehead atoms. The van der Waals surface area contributed by atoms with Crippen molar-refractivity contribution in [2.75, 3.05) is 6.54 Å². The van der Waals surface area contributed by atoms with Crippen LogP contribution in [0, 0.1) is 17.5 Å². The lowest BCUT2D eigenvalue weighted by Crippen LogP contribution is -2.34. The van der Waals surface area contributed by atoms with Gasteiger partial charge < -0.3 is 15.2 Å². The molecule has 0 spiro atoms. The van der Waals surface area contributed by atoms with Gasteiger partial charge in [-0.2, -0.15) is 0 Å². The minimum Gasteiger partial charge on any atom is -0.479 e. The Morgan fingerprint density at radius 2 is 1.86 bits per heavy atom. The first-order valence-corrected chi connectivity index (χ1v) is 6.19. The van der Waals surface area contributed by atoms with E-state index in [4.69, 9.17) is 9.84 Å². The lowest BCUT2D eigenvalue weighted by atomic mass is 10.1. The summed E-state index contributed by atoms with van der Waals surface area (Å²) < 4.78 is 44.6. The fourth-order valence-electron chi connectivity index (χ4n) is 2.09. The van der Waals surface area contributed by atoms with Crippen LogP contribution < -0.4 is 5.32 Å². The summed E-state index contributed by atoms with van der Waals surface area (Å²) in [5.74, 6) is -5.88. The second-order valence-corrected chi connectivity index (χ2v) is 4.62. The Morgan fingerprint density at radius 1 is 1.24 bits per heavy atom. The molecule has 2 unspecified atom stereocenters. The minimum atomic E-state index is -1.30. The van der Waals surface area contributed by atoms with E-state index < -0.39 is 47.1 Å². The van der Waals surface area contributed by atoms with E-state index in [2.05, 4.69) is 5.32 Å².